The van der Waals surface area contributed by atoms with E-state index in [9.17, 15) is 4.79 Å². The number of aromatic nitrogens is 1. The average molecular weight is 324 g/mol. The topological polar surface area (TPSA) is 42.4 Å². The van der Waals surface area contributed by atoms with Crippen LogP contribution in [-0.2, 0) is 22.6 Å². The third-order valence-corrected chi connectivity index (χ3v) is 4.62. The van der Waals surface area contributed by atoms with E-state index < -0.39 is 0 Å². The van der Waals surface area contributed by atoms with Gasteiger partial charge in [0.2, 0.25) is 5.91 Å². The van der Waals surface area contributed by atoms with E-state index in [0.717, 1.165) is 31.6 Å². The molecule has 1 aliphatic rings. The van der Waals surface area contributed by atoms with E-state index in [1.165, 1.54) is 5.56 Å². The minimum atomic E-state index is 0.149. The Balaban J connectivity index is 1.66. The normalized spacial score (nSPS) is 20.8. The number of benzene rings is 1. The molecule has 0 spiro atoms. The van der Waals surface area contributed by atoms with E-state index in [0.29, 0.717) is 12.5 Å². The molecule has 2 heterocycles. The Bertz CT molecular complexity index is 645. The number of pyridine rings is 1. The highest BCUT2D eigenvalue weighted by molar-refractivity contribution is 5.73. The summed E-state index contributed by atoms with van der Waals surface area (Å²) < 4.78 is 6.18. The van der Waals surface area contributed by atoms with Crippen LogP contribution in [0.5, 0.6) is 0 Å². The van der Waals surface area contributed by atoms with Crippen LogP contribution < -0.4 is 0 Å². The molecule has 3 rings (SSSR count). The van der Waals surface area contributed by atoms with Gasteiger partial charge >= 0.3 is 0 Å². The predicted molar refractivity (Wildman–Crippen MR) is 93.3 cm³/mol. The monoisotopic (exact) mass is 324 g/mol. The number of rotatable bonds is 5. The second-order valence-corrected chi connectivity index (χ2v) is 6.37. The van der Waals surface area contributed by atoms with Gasteiger partial charge in [-0.05, 0) is 30.5 Å². The Kier molecular flexibility index (Phi) is 5.59. The van der Waals surface area contributed by atoms with Crippen molar-refractivity contribution in [3.63, 3.8) is 0 Å². The Morgan fingerprint density at radius 3 is 2.71 bits per heavy atom. The highest BCUT2D eigenvalue weighted by Gasteiger charge is 2.31. The molecule has 1 aromatic heterocycles. The predicted octanol–water partition coefficient (Wildman–Crippen LogP) is 3.08. The lowest BCUT2D eigenvalue weighted by molar-refractivity contribution is -0.134. The van der Waals surface area contributed by atoms with E-state index in [-0.39, 0.29) is 12.0 Å². The molecule has 0 radical (unpaired) electrons. The molecule has 1 saturated heterocycles. The van der Waals surface area contributed by atoms with Crippen LogP contribution >= 0.6 is 0 Å². The highest BCUT2D eigenvalue weighted by Crippen LogP contribution is 2.25. The molecule has 0 unspecified atom stereocenters. The number of nitrogens with zero attached hydrogens (tertiary/aromatic N) is 2. The number of carbonyl (C=O) groups excluding carboxylic acids is 1. The van der Waals surface area contributed by atoms with Gasteiger partial charge in [0.1, 0.15) is 0 Å². The Labute approximate surface area is 143 Å². The van der Waals surface area contributed by atoms with Crippen LogP contribution in [0.3, 0.4) is 0 Å². The summed E-state index contributed by atoms with van der Waals surface area (Å²) >= 11 is 0. The van der Waals surface area contributed by atoms with E-state index in [1.807, 2.05) is 29.2 Å². The SMILES string of the molecule is CC(=O)N1CC[C@H](OCc2ccccn2)[C@H](Cc2ccccc2)C1. The lowest BCUT2D eigenvalue weighted by Gasteiger charge is -2.38. The fraction of sp³-hybridized carbons (Fsp3) is 0.400. The number of carbonyl (C=O) groups is 1. The van der Waals surface area contributed by atoms with Crippen molar-refractivity contribution >= 4 is 5.91 Å². The lowest BCUT2D eigenvalue weighted by Crippen LogP contribution is -2.46. The summed E-state index contributed by atoms with van der Waals surface area (Å²) in [6.07, 6.45) is 3.75. The molecule has 0 saturated carbocycles. The van der Waals surface area contributed by atoms with E-state index in [1.54, 1.807) is 13.1 Å². The van der Waals surface area contributed by atoms with Gasteiger partial charge in [-0.1, -0.05) is 36.4 Å². The Morgan fingerprint density at radius 1 is 1.21 bits per heavy atom. The smallest absolute Gasteiger partial charge is 0.219 e. The van der Waals surface area contributed by atoms with Crippen molar-refractivity contribution in [1.29, 1.82) is 0 Å². The molecule has 2 aromatic rings. The van der Waals surface area contributed by atoms with Crippen molar-refractivity contribution in [2.24, 2.45) is 5.92 Å². The van der Waals surface area contributed by atoms with Crippen molar-refractivity contribution in [3.05, 3.63) is 66.0 Å². The first-order chi connectivity index (χ1) is 11.7. The van der Waals surface area contributed by atoms with Crippen molar-refractivity contribution in [3.8, 4) is 0 Å². The van der Waals surface area contributed by atoms with E-state index in [4.69, 9.17) is 4.74 Å². The van der Waals surface area contributed by atoms with Gasteiger partial charge in [-0.2, -0.15) is 0 Å². The van der Waals surface area contributed by atoms with Crippen LogP contribution in [0.25, 0.3) is 0 Å². The minimum absolute atomic E-state index is 0.149. The number of hydrogen-bond acceptors (Lipinski definition) is 3. The molecule has 1 aromatic carbocycles. The quantitative estimate of drug-likeness (QED) is 0.849. The fourth-order valence-corrected chi connectivity index (χ4v) is 3.30. The third kappa shape index (κ3) is 4.42. The highest BCUT2D eigenvalue weighted by atomic mass is 16.5. The van der Waals surface area contributed by atoms with Crippen molar-refractivity contribution in [1.82, 2.24) is 9.88 Å². The van der Waals surface area contributed by atoms with Gasteiger partial charge in [-0.25, -0.2) is 0 Å². The number of likely N-dealkylation sites (tertiary alicyclic amines) is 1. The Hall–Kier alpha value is -2.20. The largest absolute Gasteiger partial charge is 0.371 e. The molecule has 0 N–H and O–H groups in total. The summed E-state index contributed by atoms with van der Waals surface area (Å²) in [4.78, 5) is 18.0. The summed E-state index contributed by atoms with van der Waals surface area (Å²) in [7, 11) is 0. The van der Waals surface area contributed by atoms with Crippen LogP contribution in [0.1, 0.15) is 24.6 Å². The van der Waals surface area contributed by atoms with Crippen LogP contribution in [0.15, 0.2) is 54.7 Å². The van der Waals surface area contributed by atoms with E-state index >= 15 is 0 Å². The van der Waals surface area contributed by atoms with Crippen molar-refractivity contribution < 1.29 is 9.53 Å². The molecule has 4 heteroatoms. The Morgan fingerprint density at radius 2 is 2.00 bits per heavy atom. The summed E-state index contributed by atoms with van der Waals surface area (Å²) in [5.74, 6) is 0.463. The standard InChI is InChI=1S/C20H24N2O2/c1-16(23)22-12-10-20(24-15-19-9-5-6-11-21-19)18(14-22)13-17-7-3-2-4-8-17/h2-9,11,18,20H,10,12-15H2,1H3/t18-,20+/m1/s1. The molecule has 24 heavy (non-hydrogen) atoms. The first-order valence-electron chi connectivity index (χ1n) is 8.53. The fourth-order valence-electron chi connectivity index (χ4n) is 3.30. The first kappa shape index (κ1) is 16.7. The van der Waals surface area contributed by atoms with Crippen molar-refractivity contribution in [2.75, 3.05) is 13.1 Å². The van der Waals surface area contributed by atoms with Crippen LogP contribution in [0.4, 0.5) is 0 Å². The summed E-state index contributed by atoms with van der Waals surface area (Å²) in [6.45, 7) is 3.70. The number of amides is 1. The average Bonchev–Trinajstić information content (AvgIpc) is 2.62. The summed E-state index contributed by atoms with van der Waals surface area (Å²) in [5, 5.41) is 0. The minimum Gasteiger partial charge on any atom is -0.371 e. The van der Waals surface area contributed by atoms with Crippen LogP contribution in [0, 0.1) is 5.92 Å². The van der Waals surface area contributed by atoms with Crippen molar-refractivity contribution in [2.45, 2.75) is 32.5 Å². The van der Waals surface area contributed by atoms with Gasteiger partial charge in [-0.15, -0.1) is 0 Å². The maximum atomic E-state index is 11.8. The molecule has 0 bridgehead atoms. The van der Waals surface area contributed by atoms with Gasteiger partial charge < -0.3 is 9.64 Å². The summed E-state index contributed by atoms with van der Waals surface area (Å²) in [5.41, 5.74) is 2.24. The lowest BCUT2D eigenvalue weighted by atomic mass is 9.88. The zero-order valence-electron chi connectivity index (χ0n) is 14.1. The maximum Gasteiger partial charge on any atom is 0.219 e. The van der Waals surface area contributed by atoms with E-state index in [2.05, 4.69) is 29.2 Å². The molecule has 2 atom stereocenters. The first-order valence-corrected chi connectivity index (χ1v) is 8.53. The zero-order chi connectivity index (χ0) is 16.8. The third-order valence-electron chi connectivity index (χ3n) is 4.62. The number of ether oxygens (including phenoxy) is 1. The number of piperidine rings is 1. The second kappa shape index (κ2) is 8.06. The molecule has 1 aliphatic heterocycles. The van der Waals surface area contributed by atoms with Gasteiger partial charge in [0.15, 0.2) is 0 Å². The zero-order valence-corrected chi connectivity index (χ0v) is 14.1. The molecule has 1 amide bonds. The molecule has 1 fully saturated rings. The van der Waals surface area contributed by atoms with Gasteiger partial charge in [0.25, 0.3) is 0 Å². The van der Waals surface area contributed by atoms with Gasteiger partial charge in [0.05, 0.1) is 18.4 Å². The second-order valence-electron chi connectivity index (χ2n) is 6.37. The number of hydrogen-bond donors (Lipinski definition) is 0. The summed E-state index contributed by atoms with van der Waals surface area (Å²) in [6, 6.07) is 16.3. The van der Waals surface area contributed by atoms with Gasteiger partial charge in [-0.3, -0.25) is 9.78 Å². The molecular weight excluding hydrogens is 300 g/mol. The van der Waals surface area contributed by atoms with Crippen LogP contribution in [-0.4, -0.2) is 35.0 Å². The maximum absolute atomic E-state index is 11.8. The molecule has 0 aliphatic carbocycles. The molecular formula is C20H24N2O2. The molecule has 126 valence electrons. The van der Waals surface area contributed by atoms with Crippen LogP contribution in [0.2, 0.25) is 0 Å². The van der Waals surface area contributed by atoms with Gasteiger partial charge in [0, 0.05) is 32.1 Å². The molecule has 4 nitrogen and oxygen atoms in total.